The zero-order valence-corrected chi connectivity index (χ0v) is 77.1. The number of ether oxygens (including phenoxy) is 1. The molecule has 1 saturated heterocycles. The maximum absolute atomic E-state index is 15.6. The number of nitrogens with one attached hydrogen (secondary N) is 7. The molecular weight excluding hydrogens is 1750 g/mol. The van der Waals surface area contributed by atoms with Crippen LogP contribution in [-0.2, 0) is 126 Å². The first kappa shape index (κ1) is 108. The predicted molar refractivity (Wildman–Crippen MR) is 497 cm³/mol. The van der Waals surface area contributed by atoms with E-state index in [4.69, 9.17) is 10.5 Å². The molecule has 11 atom stereocenters. The fourth-order valence-corrected chi connectivity index (χ4v) is 16.7. The second kappa shape index (κ2) is 51.7. The van der Waals surface area contributed by atoms with Gasteiger partial charge in [-0.25, -0.2) is 0 Å². The Morgan fingerprint density at radius 1 is 0.522 bits per heavy atom. The number of phenolic OH excluding ortho intramolecular Hbond substituents is 2. The highest BCUT2D eigenvalue weighted by atomic mass is 32.2. The molecule has 2 heterocycles. The first-order valence-electron chi connectivity index (χ1n) is 44.1. The van der Waals surface area contributed by atoms with Gasteiger partial charge < -0.3 is 82.1 Å². The number of carbonyl (C=O) groups excluding carboxylic acids is 16. The molecule has 0 saturated carbocycles. The molecule has 0 bridgehead atoms. The van der Waals surface area contributed by atoms with E-state index in [9.17, 15) is 56.9 Å². The summed E-state index contributed by atoms with van der Waals surface area (Å²) in [5, 5.41) is 37.8. The number of para-hydroxylation sites is 1. The van der Waals surface area contributed by atoms with Crippen molar-refractivity contribution in [1.82, 2.24) is 61.4 Å². The molecule has 1 aliphatic rings. The number of primary amides is 1. The van der Waals surface area contributed by atoms with Crippen LogP contribution in [-0.4, -0.2) is 255 Å². The number of unbranched alkanes of at least 4 members (excludes halogenated alkanes) is 1. The van der Waals surface area contributed by atoms with E-state index in [1.807, 2.05) is 6.92 Å². The Bertz CT molecular complexity index is 5200. The summed E-state index contributed by atoms with van der Waals surface area (Å²) in [6, 6.07) is 25.2. The first-order valence-corrected chi connectivity index (χ1v) is 45.2. The Balaban J connectivity index is 0.0000245. The lowest BCUT2D eigenvalue weighted by Crippen LogP contribution is -2.59. The van der Waals surface area contributed by atoms with E-state index in [1.165, 1.54) is 83.8 Å². The fourth-order valence-electron chi connectivity index (χ4n) is 15.8. The summed E-state index contributed by atoms with van der Waals surface area (Å²) in [6.07, 6.45) is -6.45. The molecule has 134 heavy (non-hydrogen) atoms. The highest BCUT2D eigenvalue weighted by Gasteiger charge is 2.43. The lowest BCUT2D eigenvalue weighted by atomic mass is 9.84. The van der Waals surface area contributed by atoms with Crippen molar-refractivity contribution < 1.29 is 105 Å². The predicted octanol–water partition coefficient (Wildman–Crippen LogP) is 7.09. The van der Waals surface area contributed by atoms with Crippen LogP contribution in [0.3, 0.4) is 0 Å². The Hall–Kier alpha value is -13.3. The van der Waals surface area contributed by atoms with E-state index >= 15 is 43.2 Å². The number of hydrogen-bond acceptors (Lipinski definition) is 20. The normalized spacial score (nSPS) is 21.7. The average Bonchev–Trinajstić information content (AvgIpc) is 1.14. The lowest BCUT2D eigenvalue weighted by Gasteiger charge is -2.37. The minimum absolute atomic E-state index is 0. The lowest BCUT2D eigenvalue weighted by molar-refractivity contribution is -0.151. The number of likely N-dealkylation sites (N-methyl/N-ethyl adjacent to an activating group) is 5. The molecule has 7 aromatic rings. The number of thioether (sulfide) groups is 1. The van der Waals surface area contributed by atoms with Crippen LogP contribution < -0.4 is 37.6 Å². The Morgan fingerprint density at radius 3 is 1.56 bits per heavy atom. The number of ketones is 3. The number of fused-ring (bicyclic) bond motifs is 1. The summed E-state index contributed by atoms with van der Waals surface area (Å²) in [5.74, 6) is -17.9. The van der Waals surface area contributed by atoms with Gasteiger partial charge in [-0.3, -0.25) is 76.7 Å². The molecule has 36 heteroatoms. The quantitative estimate of drug-likeness (QED) is 0.0255. The van der Waals surface area contributed by atoms with Gasteiger partial charge in [0.2, 0.25) is 70.9 Å². The number of rotatable bonds is 25. The molecule has 722 valence electrons. The number of carbonyl (C=O) groups is 16. The fraction of sp³-hybridized carbons (Fsp3) is 0.449. The van der Waals surface area contributed by atoms with Crippen molar-refractivity contribution in [2.45, 2.75) is 192 Å². The molecule has 11 N–H and O–H groups in total. The van der Waals surface area contributed by atoms with Gasteiger partial charge >= 0.3 is 6.18 Å². The van der Waals surface area contributed by atoms with Crippen LogP contribution in [0.15, 0.2) is 164 Å². The Labute approximate surface area is 782 Å². The Kier molecular flexibility index (Phi) is 41.5. The van der Waals surface area contributed by atoms with E-state index < -0.39 is 241 Å². The van der Waals surface area contributed by atoms with Crippen LogP contribution in [0.25, 0.3) is 10.9 Å². The summed E-state index contributed by atoms with van der Waals surface area (Å²) < 4.78 is 47.3. The number of alkyl halides is 3. The topological polar surface area (TPSA) is 453 Å². The molecule has 32 nitrogen and oxygen atoms in total. The van der Waals surface area contributed by atoms with Crippen molar-refractivity contribution in [3.63, 3.8) is 0 Å². The van der Waals surface area contributed by atoms with Crippen LogP contribution in [0.5, 0.6) is 11.5 Å². The summed E-state index contributed by atoms with van der Waals surface area (Å²) in [4.78, 5) is 244. The number of aromatic amines is 1. The number of nitrogens with two attached hydrogens (primary N) is 1. The van der Waals surface area contributed by atoms with E-state index in [1.54, 1.807) is 119 Å². The van der Waals surface area contributed by atoms with Crippen molar-refractivity contribution in [2.75, 3.05) is 66.4 Å². The van der Waals surface area contributed by atoms with Crippen LogP contribution in [0, 0.1) is 23.7 Å². The number of aromatic hydroxyl groups is 2. The van der Waals surface area contributed by atoms with Gasteiger partial charge in [0.15, 0.2) is 11.6 Å². The van der Waals surface area contributed by atoms with Gasteiger partial charge in [0.25, 0.3) is 6.47 Å². The van der Waals surface area contributed by atoms with Crippen LogP contribution in [0.1, 0.15) is 132 Å². The molecule has 1 fully saturated rings. The van der Waals surface area contributed by atoms with E-state index in [2.05, 4.69) is 36.9 Å². The molecule has 0 radical (unpaired) electrons. The number of halogens is 3. The Morgan fingerprint density at radius 2 is 1.01 bits per heavy atom. The number of benzene rings is 6. The summed E-state index contributed by atoms with van der Waals surface area (Å²) in [6.45, 7) is 6.52. The highest BCUT2D eigenvalue weighted by Crippen LogP contribution is 2.31. The number of Topliss-reactive ketones (excluding diaryl/α,β-unsaturated/α-hetero) is 3. The second-order valence-electron chi connectivity index (χ2n) is 34.5. The van der Waals surface area contributed by atoms with Gasteiger partial charge in [-0.15, -0.1) is 11.8 Å². The zero-order valence-electron chi connectivity index (χ0n) is 76.3. The average molecular weight is 1880 g/mol. The number of amides is 12. The van der Waals surface area contributed by atoms with E-state index in [-0.39, 0.29) is 75.9 Å². The molecule has 0 unspecified atom stereocenters. The molecule has 8 rings (SSSR count). The van der Waals surface area contributed by atoms with Gasteiger partial charge in [0.05, 0.1) is 36.4 Å². The molecular formula is C98H124F3N13O19S. The van der Waals surface area contributed by atoms with Crippen molar-refractivity contribution in [3.8, 4) is 11.5 Å². The van der Waals surface area contributed by atoms with Crippen molar-refractivity contribution in [3.05, 3.63) is 203 Å². The smallest absolute Gasteiger partial charge is 0.416 e. The summed E-state index contributed by atoms with van der Waals surface area (Å²) in [5.41, 5.74) is 7.58. The van der Waals surface area contributed by atoms with Gasteiger partial charge in [0.1, 0.15) is 72.2 Å². The van der Waals surface area contributed by atoms with Crippen molar-refractivity contribution in [1.29, 1.82) is 0 Å². The molecule has 1 aromatic heterocycles. The number of hydrogen-bond donors (Lipinski definition) is 10. The van der Waals surface area contributed by atoms with Crippen molar-refractivity contribution in [2.24, 2.45) is 29.4 Å². The molecule has 12 amide bonds. The van der Waals surface area contributed by atoms with Crippen LogP contribution >= 0.6 is 11.8 Å². The molecule has 0 spiro atoms. The van der Waals surface area contributed by atoms with Gasteiger partial charge in [0, 0.05) is 128 Å². The maximum atomic E-state index is 15.6. The minimum atomic E-state index is -4.78. The molecule has 6 aromatic carbocycles. The van der Waals surface area contributed by atoms with E-state index in [0.717, 1.165) is 60.5 Å². The third-order valence-corrected chi connectivity index (χ3v) is 24.4. The first-order chi connectivity index (χ1) is 63.1. The minimum Gasteiger partial charge on any atom is -0.508 e. The summed E-state index contributed by atoms with van der Waals surface area (Å²) >= 11 is 0.761. The van der Waals surface area contributed by atoms with Gasteiger partial charge in [-0.1, -0.05) is 170 Å². The third-order valence-electron chi connectivity index (χ3n) is 23.4. The van der Waals surface area contributed by atoms with Crippen LogP contribution in [0.4, 0.5) is 13.2 Å². The van der Waals surface area contributed by atoms with E-state index in [0.29, 0.717) is 51.6 Å². The van der Waals surface area contributed by atoms with Gasteiger partial charge in [-0.05, 0) is 101 Å². The molecule has 1 aliphatic heterocycles. The second-order valence-corrected chi connectivity index (χ2v) is 35.5. The number of aromatic nitrogens is 1. The standard InChI is InChI=1S/C97H120F3N13O19S.CH4/c1-11-12-27-80-95(130)109(6)52-70(117)48-66(54-132-57-114)84(119)50-72(59(4)5)92(127)112(9)81(46-60-21-15-13-16-22-60)91(126)107-77(44-64-32-38-69(116)39-33-64)93(128)110(7)53-86(121)103-76(49-65-51-102-73-26-20-19-25-71(65)73)90(125)106-75(43-63-30-36-68(115)37-31-63)89(124)105-74(42-58(2)3)88(123)108-79(83(118)40-41-85(101)120)55-133-56-87(122)104-78(45-62-28-34-67(35-29-62)97(98,99)100)94(129)113(10)82(96(131)111(80)8)47-61-23-17-14-18-24-61;/h13-26,28-39,51,57-59,66,72,74-82,102,115-116H,11-12,27,40-50,52-56H2,1-10H3,(H2,101,120)(H,103,121)(H,104,122)(H,105,124)(H,106,125)(H,107,126)(H,108,123);1H4/t66-,72-,74-,75-,76-,77-,78-,79-,80-,81-,82-;/m0./s1. The van der Waals surface area contributed by atoms with Gasteiger partial charge in [-0.2, -0.15) is 13.2 Å². The largest absolute Gasteiger partial charge is 0.508 e. The number of phenols is 2. The number of H-pyrrole nitrogens is 1. The highest BCUT2D eigenvalue weighted by molar-refractivity contribution is 8.00. The molecule has 0 aliphatic carbocycles. The summed E-state index contributed by atoms with van der Waals surface area (Å²) in [7, 11) is 6.49. The third kappa shape index (κ3) is 32.3. The maximum Gasteiger partial charge on any atom is 0.416 e. The van der Waals surface area contributed by atoms with Crippen LogP contribution in [0.2, 0.25) is 0 Å². The monoisotopic (exact) mass is 1880 g/mol. The SMILES string of the molecule is C.CCCC[C@H]1C(=O)N(C)CC(=O)C[C@@H](COC=O)C(=O)C[C@@H](C(C)C)C(=O)N(C)[C@@H](Cc2ccccc2)C(=O)N[C@@H](Cc2ccc(O)cc2)C(=O)N(C)CC(=O)N[C@@H](Cc2c[nH]c3ccccc23)C(=O)N[C@@H](Cc2ccc(O)cc2)C(=O)N[C@@H](CC(C)C)C(=O)N[C@H](C(=O)CCC(N)=O)CSCC(=O)N[C@@H](Cc2ccc(C(F)(F)F)cc2)C(=O)N(C)[C@@H](Cc2ccccc2)C(=O)N1C. The number of nitrogens with zero attached hydrogens (tertiary/aromatic N) is 5. The zero-order chi connectivity index (χ0) is 97.5. The van der Waals surface area contributed by atoms with Crippen molar-refractivity contribution >= 4 is 117 Å².